The summed E-state index contributed by atoms with van der Waals surface area (Å²) in [5, 5.41) is 0. The van der Waals surface area contributed by atoms with Gasteiger partial charge in [0.1, 0.15) is 6.79 Å². The fraction of sp³-hybridized carbons (Fsp3) is 0.857. The van der Waals surface area contributed by atoms with Gasteiger partial charge in [-0.3, -0.25) is 0 Å². The van der Waals surface area contributed by atoms with Crippen LogP contribution in [0.25, 0.3) is 0 Å². The Bertz CT molecular complexity index is 161. The zero-order valence-electron chi connectivity index (χ0n) is 10.7. The summed E-state index contributed by atoms with van der Waals surface area (Å²) in [6, 6.07) is 0. The van der Waals surface area contributed by atoms with Crippen LogP contribution in [0.15, 0.2) is 0 Å². The van der Waals surface area contributed by atoms with Gasteiger partial charge in [0, 0.05) is 20.1 Å². The lowest BCUT2D eigenvalue weighted by molar-refractivity contribution is -0.0315. The van der Waals surface area contributed by atoms with Crippen LogP contribution in [-0.2, 0) is 9.47 Å². The summed E-state index contributed by atoms with van der Waals surface area (Å²) < 4.78 is 10.0. The first-order valence-corrected chi connectivity index (χ1v) is 6.42. The number of hydrogen-bond donors (Lipinski definition) is 0. The highest BCUT2D eigenvalue weighted by Gasteiger charge is 1.92. The molecule has 0 rings (SSSR count). The van der Waals surface area contributed by atoms with Gasteiger partial charge in [0.2, 0.25) is 0 Å². The van der Waals surface area contributed by atoms with Gasteiger partial charge in [0.05, 0.1) is 0 Å². The van der Waals surface area contributed by atoms with Crippen molar-refractivity contribution in [1.82, 2.24) is 0 Å². The van der Waals surface area contributed by atoms with Crippen molar-refractivity contribution in [2.75, 3.05) is 20.5 Å². The highest BCUT2D eigenvalue weighted by molar-refractivity contribution is 4.82. The summed E-state index contributed by atoms with van der Waals surface area (Å²) in [5.74, 6) is 2.68. The summed E-state index contributed by atoms with van der Waals surface area (Å²) in [6.07, 6.45) is 16.4. The standard InChI is InChI=1S/C14H26O2/c1-3-4-5-6-7-8-9-10-11-12-13-16-14-15-2/h1H,4-14H2,2H3. The maximum Gasteiger partial charge on any atom is 0.146 e. The van der Waals surface area contributed by atoms with Crippen LogP contribution in [0.2, 0.25) is 0 Å². The first-order chi connectivity index (χ1) is 7.91. The molecule has 0 heterocycles. The minimum Gasteiger partial charge on any atom is -0.359 e. The largest absolute Gasteiger partial charge is 0.359 e. The van der Waals surface area contributed by atoms with Crippen LogP contribution in [0.4, 0.5) is 0 Å². The molecule has 0 N–H and O–H groups in total. The van der Waals surface area contributed by atoms with Gasteiger partial charge < -0.3 is 9.47 Å². The Labute approximate surface area is 101 Å². The normalized spacial score (nSPS) is 10.2. The lowest BCUT2D eigenvalue weighted by Gasteiger charge is -2.03. The molecule has 0 atom stereocenters. The van der Waals surface area contributed by atoms with Crippen molar-refractivity contribution in [3.63, 3.8) is 0 Å². The smallest absolute Gasteiger partial charge is 0.146 e. The van der Waals surface area contributed by atoms with Gasteiger partial charge in [-0.1, -0.05) is 38.5 Å². The Kier molecular flexibility index (Phi) is 14.0. The third-order valence-electron chi connectivity index (χ3n) is 2.56. The van der Waals surface area contributed by atoms with Crippen LogP contribution in [0.3, 0.4) is 0 Å². The van der Waals surface area contributed by atoms with Gasteiger partial charge in [-0.05, 0) is 12.8 Å². The van der Waals surface area contributed by atoms with Gasteiger partial charge in [0.15, 0.2) is 0 Å². The maximum atomic E-state index is 5.21. The lowest BCUT2D eigenvalue weighted by Crippen LogP contribution is -1.98. The van der Waals surface area contributed by atoms with E-state index in [4.69, 9.17) is 15.9 Å². The van der Waals surface area contributed by atoms with Gasteiger partial charge >= 0.3 is 0 Å². The molecule has 0 bridgehead atoms. The highest BCUT2D eigenvalue weighted by Crippen LogP contribution is 2.09. The average molecular weight is 226 g/mol. The zero-order valence-corrected chi connectivity index (χ0v) is 10.7. The molecule has 16 heavy (non-hydrogen) atoms. The minimum absolute atomic E-state index is 0.426. The van der Waals surface area contributed by atoms with Crippen LogP contribution in [0.5, 0.6) is 0 Å². The molecule has 2 nitrogen and oxygen atoms in total. The number of terminal acetylenes is 1. The molecular formula is C14H26O2. The third-order valence-corrected chi connectivity index (χ3v) is 2.56. The number of hydrogen-bond acceptors (Lipinski definition) is 2. The number of methoxy groups -OCH3 is 1. The summed E-state index contributed by atoms with van der Waals surface area (Å²) in [5.41, 5.74) is 0. The molecule has 0 radical (unpaired) electrons. The SMILES string of the molecule is C#CCCCCCCCCCCOCOC. The number of ether oxygens (including phenoxy) is 2. The van der Waals surface area contributed by atoms with Gasteiger partial charge in [-0.25, -0.2) is 0 Å². The van der Waals surface area contributed by atoms with Crippen LogP contribution in [0, 0.1) is 12.3 Å². The highest BCUT2D eigenvalue weighted by atomic mass is 16.7. The fourth-order valence-corrected chi connectivity index (χ4v) is 1.63. The molecule has 0 saturated heterocycles. The molecule has 2 heteroatoms. The molecule has 0 aliphatic rings. The molecular weight excluding hydrogens is 200 g/mol. The van der Waals surface area contributed by atoms with E-state index in [0.29, 0.717) is 6.79 Å². The summed E-state index contributed by atoms with van der Waals surface area (Å²) in [6.45, 7) is 1.26. The van der Waals surface area contributed by atoms with E-state index in [2.05, 4.69) is 5.92 Å². The Morgan fingerprint density at radius 2 is 1.44 bits per heavy atom. The Balaban J connectivity index is 2.86. The van der Waals surface area contributed by atoms with Crippen molar-refractivity contribution in [3.05, 3.63) is 0 Å². The van der Waals surface area contributed by atoms with E-state index >= 15 is 0 Å². The summed E-state index contributed by atoms with van der Waals surface area (Å²) in [4.78, 5) is 0. The monoisotopic (exact) mass is 226 g/mol. The minimum atomic E-state index is 0.426. The van der Waals surface area contributed by atoms with E-state index in [1.807, 2.05) is 0 Å². The van der Waals surface area contributed by atoms with Gasteiger partial charge in [-0.15, -0.1) is 12.3 Å². The van der Waals surface area contributed by atoms with Crippen molar-refractivity contribution in [2.45, 2.75) is 57.8 Å². The Hall–Kier alpha value is -0.520. The lowest BCUT2D eigenvalue weighted by atomic mass is 10.1. The zero-order chi connectivity index (χ0) is 11.9. The first kappa shape index (κ1) is 15.5. The fourth-order valence-electron chi connectivity index (χ4n) is 1.63. The topological polar surface area (TPSA) is 18.5 Å². The predicted octanol–water partition coefficient (Wildman–Crippen LogP) is 3.75. The molecule has 0 aromatic carbocycles. The second kappa shape index (κ2) is 14.5. The summed E-state index contributed by atoms with van der Waals surface area (Å²) >= 11 is 0. The van der Waals surface area contributed by atoms with Crippen molar-refractivity contribution in [2.24, 2.45) is 0 Å². The van der Waals surface area contributed by atoms with Crippen molar-refractivity contribution in [1.29, 1.82) is 0 Å². The molecule has 0 aromatic heterocycles. The average Bonchev–Trinajstić information content (AvgIpc) is 2.31. The molecule has 0 fully saturated rings. The van der Waals surface area contributed by atoms with Gasteiger partial charge in [-0.2, -0.15) is 0 Å². The van der Waals surface area contributed by atoms with Crippen LogP contribution < -0.4 is 0 Å². The molecule has 0 unspecified atom stereocenters. The Morgan fingerprint density at radius 1 is 0.875 bits per heavy atom. The van der Waals surface area contributed by atoms with Crippen molar-refractivity contribution in [3.8, 4) is 12.3 Å². The van der Waals surface area contributed by atoms with Crippen LogP contribution in [-0.4, -0.2) is 20.5 Å². The molecule has 0 aliphatic carbocycles. The second-order valence-corrected chi connectivity index (χ2v) is 4.10. The molecule has 0 spiro atoms. The van der Waals surface area contributed by atoms with Crippen molar-refractivity contribution >= 4 is 0 Å². The van der Waals surface area contributed by atoms with E-state index in [1.165, 1.54) is 44.9 Å². The predicted molar refractivity (Wildman–Crippen MR) is 68.2 cm³/mol. The quantitative estimate of drug-likeness (QED) is 0.287. The molecule has 0 aromatic rings. The van der Waals surface area contributed by atoms with E-state index < -0.39 is 0 Å². The first-order valence-electron chi connectivity index (χ1n) is 6.42. The molecule has 0 saturated carbocycles. The maximum absolute atomic E-state index is 5.21. The summed E-state index contributed by atoms with van der Waals surface area (Å²) in [7, 11) is 1.65. The number of rotatable bonds is 12. The van der Waals surface area contributed by atoms with E-state index in [9.17, 15) is 0 Å². The Morgan fingerprint density at radius 3 is 2.00 bits per heavy atom. The van der Waals surface area contributed by atoms with E-state index in [-0.39, 0.29) is 0 Å². The van der Waals surface area contributed by atoms with Crippen LogP contribution >= 0.6 is 0 Å². The van der Waals surface area contributed by atoms with E-state index in [0.717, 1.165) is 19.4 Å². The molecule has 0 amide bonds. The van der Waals surface area contributed by atoms with Crippen molar-refractivity contribution < 1.29 is 9.47 Å². The number of unbranched alkanes of at least 4 members (excludes halogenated alkanes) is 8. The second-order valence-electron chi connectivity index (χ2n) is 4.10. The molecule has 94 valence electrons. The molecule has 0 aliphatic heterocycles. The van der Waals surface area contributed by atoms with E-state index in [1.54, 1.807) is 7.11 Å². The van der Waals surface area contributed by atoms with Crippen LogP contribution in [0.1, 0.15) is 57.8 Å². The third kappa shape index (κ3) is 13.5. The van der Waals surface area contributed by atoms with Gasteiger partial charge in [0.25, 0.3) is 0 Å².